The number of nitrogens with zero attached hydrogens (tertiary/aromatic N) is 3. The van der Waals surface area contributed by atoms with Crippen LogP contribution in [0.5, 0.6) is 0 Å². The fourth-order valence-corrected chi connectivity index (χ4v) is 4.15. The molecule has 210 valence electrons. The van der Waals surface area contributed by atoms with Crippen LogP contribution in [0.4, 0.5) is 32.3 Å². The number of aromatic nitrogens is 2. The van der Waals surface area contributed by atoms with E-state index in [1.165, 1.54) is 25.9 Å². The molecule has 1 unspecified atom stereocenters. The molecule has 0 saturated carbocycles. The van der Waals surface area contributed by atoms with Crippen molar-refractivity contribution in [1.29, 1.82) is 0 Å². The van der Waals surface area contributed by atoms with Crippen molar-refractivity contribution in [1.82, 2.24) is 14.9 Å². The Balaban J connectivity index is 0.000000286. The third-order valence-electron chi connectivity index (χ3n) is 5.95. The summed E-state index contributed by atoms with van der Waals surface area (Å²) in [5, 5.41) is 17.6. The molecule has 0 radical (unpaired) electrons. The second kappa shape index (κ2) is 13.7. The summed E-state index contributed by atoms with van der Waals surface area (Å²) in [6.07, 6.45) is -3.89. The van der Waals surface area contributed by atoms with E-state index in [1.807, 2.05) is 6.07 Å². The summed E-state index contributed by atoms with van der Waals surface area (Å²) in [7, 11) is 0. The predicted octanol–water partition coefficient (Wildman–Crippen LogP) is 2.53. The van der Waals surface area contributed by atoms with E-state index in [0.29, 0.717) is 11.9 Å². The lowest BCUT2D eigenvalue weighted by molar-refractivity contribution is -0.193. The van der Waals surface area contributed by atoms with Gasteiger partial charge in [-0.15, -0.1) is 0 Å². The van der Waals surface area contributed by atoms with Crippen LogP contribution in [0.15, 0.2) is 18.5 Å². The number of rotatable bonds is 5. The second-order valence-electron chi connectivity index (χ2n) is 8.63. The first-order valence-electron chi connectivity index (χ1n) is 11.3. The Morgan fingerprint density at radius 2 is 1.62 bits per heavy atom. The summed E-state index contributed by atoms with van der Waals surface area (Å²) >= 11 is 0. The molecule has 3 fully saturated rings. The number of hydrogen-bond donors (Lipinski definition) is 3. The second-order valence-corrected chi connectivity index (χ2v) is 8.63. The maximum atomic E-state index is 10.6. The van der Waals surface area contributed by atoms with E-state index >= 15 is 0 Å². The first-order chi connectivity index (χ1) is 17.3. The highest BCUT2D eigenvalue weighted by molar-refractivity contribution is 5.73. The standard InChI is InChI=1S/C17H26N4O2.2C2HF3O2/c1-4-18-17(19-5-1)20-8-16-15-10-21(6-2-14(15)12-23-16)9-13-3-7-22-11-13;2*3-2(4,5)1(6)7/h1,4-5,13-16H,2-3,6-12H2,(H,18,19,20);2*(H,6,7)/t13?,14-,15-,16+;;/m0../s1. The van der Waals surface area contributed by atoms with E-state index < -0.39 is 24.3 Å². The highest BCUT2D eigenvalue weighted by Gasteiger charge is 2.41. The molecule has 37 heavy (non-hydrogen) atoms. The van der Waals surface area contributed by atoms with E-state index in [4.69, 9.17) is 29.3 Å². The smallest absolute Gasteiger partial charge is 0.475 e. The van der Waals surface area contributed by atoms with E-state index in [0.717, 1.165) is 44.7 Å². The third kappa shape index (κ3) is 10.7. The fraction of sp³-hybridized carbons (Fsp3) is 0.714. The van der Waals surface area contributed by atoms with E-state index in [1.54, 1.807) is 12.4 Å². The van der Waals surface area contributed by atoms with Crippen LogP contribution in [0.3, 0.4) is 0 Å². The number of fused-ring (bicyclic) bond motifs is 1. The molecule has 4 atom stereocenters. The largest absolute Gasteiger partial charge is 0.490 e. The van der Waals surface area contributed by atoms with Crippen LogP contribution < -0.4 is 5.32 Å². The molecule has 1 aromatic rings. The number of ether oxygens (including phenoxy) is 2. The van der Waals surface area contributed by atoms with Gasteiger partial charge >= 0.3 is 24.3 Å². The highest BCUT2D eigenvalue weighted by atomic mass is 19.4. The van der Waals surface area contributed by atoms with Gasteiger partial charge in [0, 0.05) is 44.6 Å². The van der Waals surface area contributed by atoms with Crippen LogP contribution in [0.2, 0.25) is 0 Å². The maximum Gasteiger partial charge on any atom is 0.490 e. The van der Waals surface area contributed by atoms with Crippen molar-refractivity contribution in [2.75, 3.05) is 51.3 Å². The number of carboxylic acids is 2. The molecule has 3 N–H and O–H groups in total. The van der Waals surface area contributed by atoms with Gasteiger partial charge in [-0.2, -0.15) is 26.3 Å². The van der Waals surface area contributed by atoms with Crippen molar-refractivity contribution < 1.29 is 55.6 Å². The van der Waals surface area contributed by atoms with Crippen LogP contribution in [-0.4, -0.2) is 101 Å². The van der Waals surface area contributed by atoms with Crippen LogP contribution in [0, 0.1) is 17.8 Å². The number of nitrogens with one attached hydrogen (secondary N) is 1. The molecular weight excluding hydrogens is 518 g/mol. The Labute approximate surface area is 208 Å². The molecule has 1 aromatic heterocycles. The number of aliphatic carboxylic acids is 2. The number of alkyl halides is 6. The minimum atomic E-state index is -5.08. The summed E-state index contributed by atoms with van der Waals surface area (Å²) in [5.41, 5.74) is 0. The first kappa shape index (κ1) is 30.5. The number of piperidine rings is 1. The Morgan fingerprint density at radius 3 is 2.14 bits per heavy atom. The molecule has 3 aliphatic rings. The van der Waals surface area contributed by atoms with Gasteiger partial charge in [0.15, 0.2) is 0 Å². The molecule has 3 saturated heterocycles. The lowest BCUT2D eigenvalue weighted by Gasteiger charge is -2.37. The van der Waals surface area contributed by atoms with Gasteiger partial charge in [-0.05, 0) is 37.3 Å². The summed E-state index contributed by atoms with van der Waals surface area (Å²) in [6, 6.07) is 1.83. The van der Waals surface area contributed by atoms with Crippen LogP contribution in [-0.2, 0) is 19.1 Å². The molecule has 0 bridgehead atoms. The predicted molar refractivity (Wildman–Crippen MR) is 115 cm³/mol. The van der Waals surface area contributed by atoms with Crippen LogP contribution >= 0.6 is 0 Å². The number of carbonyl (C=O) groups is 2. The molecule has 10 nitrogen and oxygen atoms in total. The lowest BCUT2D eigenvalue weighted by atomic mass is 9.84. The summed E-state index contributed by atoms with van der Waals surface area (Å²) in [6.45, 7) is 7.14. The zero-order chi connectivity index (χ0) is 27.6. The Morgan fingerprint density at radius 1 is 1.03 bits per heavy atom. The van der Waals surface area contributed by atoms with Crippen molar-refractivity contribution in [2.45, 2.75) is 31.3 Å². The van der Waals surface area contributed by atoms with Gasteiger partial charge in [0.05, 0.1) is 19.3 Å². The van der Waals surface area contributed by atoms with Gasteiger partial charge in [-0.1, -0.05) is 0 Å². The molecule has 0 aromatic carbocycles. The lowest BCUT2D eigenvalue weighted by Crippen LogP contribution is -2.45. The van der Waals surface area contributed by atoms with Crippen molar-refractivity contribution in [3.05, 3.63) is 18.5 Å². The molecular formula is C21H28F6N4O6. The van der Waals surface area contributed by atoms with E-state index in [-0.39, 0.29) is 6.10 Å². The first-order valence-corrected chi connectivity index (χ1v) is 11.3. The van der Waals surface area contributed by atoms with Crippen LogP contribution in [0.1, 0.15) is 12.8 Å². The SMILES string of the molecule is O=C(O)C(F)(F)F.O=C(O)C(F)(F)F.c1cnc(NC[C@H]2OC[C@@H]3CCN(CC4CCOC4)C[C@@H]32)nc1. The number of hydrogen-bond acceptors (Lipinski definition) is 8. The summed E-state index contributed by atoms with van der Waals surface area (Å²) in [5.74, 6) is -2.75. The molecule has 4 heterocycles. The van der Waals surface area contributed by atoms with Gasteiger partial charge in [-0.25, -0.2) is 19.6 Å². The monoisotopic (exact) mass is 546 g/mol. The van der Waals surface area contributed by atoms with Gasteiger partial charge < -0.3 is 29.9 Å². The Hall–Kier alpha value is -2.72. The number of halogens is 6. The average molecular weight is 546 g/mol. The van der Waals surface area contributed by atoms with E-state index in [2.05, 4.69) is 20.2 Å². The van der Waals surface area contributed by atoms with Gasteiger partial charge in [0.1, 0.15) is 0 Å². The van der Waals surface area contributed by atoms with Gasteiger partial charge in [-0.3, -0.25) is 0 Å². The third-order valence-corrected chi connectivity index (χ3v) is 5.95. The molecule has 0 amide bonds. The summed E-state index contributed by atoms with van der Waals surface area (Å²) < 4.78 is 75.1. The molecule has 0 aliphatic carbocycles. The zero-order valence-electron chi connectivity index (χ0n) is 19.5. The Bertz CT molecular complexity index is 830. The molecule has 0 spiro atoms. The molecule has 3 aliphatic heterocycles. The van der Waals surface area contributed by atoms with Crippen molar-refractivity contribution >= 4 is 17.9 Å². The van der Waals surface area contributed by atoms with Crippen molar-refractivity contribution in [3.8, 4) is 0 Å². The Kier molecular flexibility index (Phi) is 11.3. The minimum Gasteiger partial charge on any atom is -0.475 e. The van der Waals surface area contributed by atoms with Crippen LogP contribution in [0.25, 0.3) is 0 Å². The van der Waals surface area contributed by atoms with Crippen molar-refractivity contribution in [2.24, 2.45) is 17.8 Å². The highest BCUT2D eigenvalue weighted by Crippen LogP contribution is 2.34. The summed E-state index contributed by atoms with van der Waals surface area (Å²) in [4.78, 5) is 28.9. The normalized spacial score (nSPS) is 25.7. The average Bonchev–Trinajstić information content (AvgIpc) is 3.48. The van der Waals surface area contributed by atoms with Gasteiger partial charge in [0.25, 0.3) is 0 Å². The zero-order valence-corrected chi connectivity index (χ0v) is 19.5. The number of anilines is 1. The number of likely N-dealkylation sites (tertiary alicyclic amines) is 1. The molecule has 16 heteroatoms. The maximum absolute atomic E-state index is 10.6. The van der Waals surface area contributed by atoms with Crippen molar-refractivity contribution in [3.63, 3.8) is 0 Å². The minimum absolute atomic E-state index is 0.270. The van der Waals surface area contributed by atoms with Gasteiger partial charge in [0.2, 0.25) is 5.95 Å². The quantitative estimate of drug-likeness (QED) is 0.473. The fourth-order valence-electron chi connectivity index (χ4n) is 4.15. The number of carboxylic acid groups (broad SMARTS) is 2. The topological polar surface area (TPSA) is 134 Å². The molecule has 4 rings (SSSR count). The van der Waals surface area contributed by atoms with E-state index in [9.17, 15) is 26.3 Å².